The van der Waals surface area contributed by atoms with E-state index in [1.165, 1.54) is 11.3 Å². The van der Waals surface area contributed by atoms with Crippen LogP contribution in [0.4, 0.5) is 0 Å². The number of carbonyl (C=O) groups excluding carboxylic acids is 1. The molecule has 0 aliphatic heterocycles. The van der Waals surface area contributed by atoms with Gasteiger partial charge in [-0.15, -0.1) is 11.3 Å². The summed E-state index contributed by atoms with van der Waals surface area (Å²) in [5.41, 5.74) is 4.50. The van der Waals surface area contributed by atoms with Gasteiger partial charge in [-0.2, -0.15) is 0 Å². The van der Waals surface area contributed by atoms with E-state index in [9.17, 15) is 4.79 Å². The molecule has 2 heterocycles. The third-order valence-electron chi connectivity index (χ3n) is 3.56. The fourth-order valence-corrected chi connectivity index (χ4v) is 3.31. The minimum atomic E-state index is -0.0904. The molecule has 0 aliphatic carbocycles. The van der Waals surface area contributed by atoms with Gasteiger partial charge >= 0.3 is 0 Å². The van der Waals surface area contributed by atoms with Crippen molar-refractivity contribution in [3.8, 4) is 17.0 Å². The van der Waals surface area contributed by atoms with E-state index < -0.39 is 0 Å². The van der Waals surface area contributed by atoms with Crippen molar-refractivity contribution >= 4 is 17.1 Å². The molecule has 0 N–H and O–H groups in total. The number of aryl methyl sites for hydroxylation is 2. The van der Waals surface area contributed by atoms with Crippen molar-refractivity contribution in [1.82, 2.24) is 9.97 Å². The first kappa shape index (κ1) is 15.4. The van der Waals surface area contributed by atoms with Crippen molar-refractivity contribution < 1.29 is 9.53 Å². The summed E-state index contributed by atoms with van der Waals surface area (Å²) in [6.45, 7) is 4.05. The molecule has 0 spiro atoms. The van der Waals surface area contributed by atoms with E-state index in [2.05, 4.69) is 16.0 Å². The number of rotatable bonds is 4. The van der Waals surface area contributed by atoms with Crippen molar-refractivity contribution in [2.24, 2.45) is 0 Å². The molecule has 0 fully saturated rings. The lowest BCUT2D eigenvalue weighted by molar-refractivity contribution is 0.103. The van der Waals surface area contributed by atoms with E-state index in [1.54, 1.807) is 31.6 Å². The van der Waals surface area contributed by atoms with Gasteiger partial charge in [-0.05, 0) is 43.2 Å². The Hall–Kier alpha value is -2.53. The third kappa shape index (κ3) is 3.00. The highest BCUT2D eigenvalue weighted by Gasteiger charge is 2.17. The average Bonchev–Trinajstić information content (AvgIpc) is 3.03. The maximum atomic E-state index is 12.5. The van der Waals surface area contributed by atoms with Crippen molar-refractivity contribution in [2.45, 2.75) is 13.8 Å². The molecule has 1 aromatic carbocycles. The molecular formula is C18H16N2O2S. The standard InChI is InChI=1S/C18H16N2O2S/c1-11-8-12(2)16(15(9-11)22-3)14-10-23-18(20-14)17(21)13-4-6-19-7-5-13/h4-10H,1-3H3. The molecule has 0 aliphatic rings. The lowest BCUT2D eigenvalue weighted by atomic mass is 10.0. The number of hydrogen-bond acceptors (Lipinski definition) is 5. The molecule has 0 bridgehead atoms. The van der Waals surface area contributed by atoms with E-state index in [0.29, 0.717) is 10.6 Å². The van der Waals surface area contributed by atoms with Gasteiger partial charge in [0.1, 0.15) is 5.75 Å². The second kappa shape index (κ2) is 6.30. The molecule has 116 valence electrons. The van der Waals surface area contributed by atoms with E-state index in [0.717, 1.165) is 28.1 Å². The van der Waals surface area contributed by atoms with E-state index in [1.807, 2.05) is 25.3 Å². The van der Waals surface area contributed by atoms with Gasteiger partial charge in [0.05, 0.1) is 12.8 Å². The van der Waals surface area contributed by atoms with Crippen LogP contribution in [0, 0.1) is 13.8 Å². The van der Waals surface area contributed by atoms with Gasteiger partial charge in [0.15, 0.2) is 5.01 Å². The second-order valence-electron chi connectivity index (χ2n) is 5.26. The zero-order valence-electron chi connectivity index (χ0n) is 13.2. The Morgan fingerprint density at radius 3 is 2.61 bits per heavy atom. The predicted molar refractivity (Wildman–Crippen MR) is 91.2 cm³/mol. The highest BCUT2D eigenvalue weighted by Crippen LogP contribution is 2.35. The molecule has 0 unspecified atom stereocenters. The van der Waals surface area contributed by atoms with Crippen LogP contribution in [-0.2, 0) is 0 Å². The summed E-state index contributed by atoms with van der Waals surface area (Å²) in [6.07, 6.45) is 3.21. The van der Waals surface area contributed by atoms with Crippen LogP contribution >= 0.6 is 11.3 Å². The maximum absolute atomic E-state index is 12.5. The summed E-state index contributed by atoms with van der Waals surface area (Å²) in [7, 11) is 1.65. The minimum absolute atomic E-state index is 0.0904. The van der Waals surface area contributed by atoms with Crippen LogP contribution in [0.2, 0.25) is 0 Å². The van der Waals surface area contributed by atoms with E-state index >= 15 is 0 Å². The number of pyridine rings is 1. The normalized spacial score (nSPS) is 10.6. The Morgan fingerprint density at radius 1 is 1.17 bits per heavy atom. The molecule has 2 aromatic heterocycles. The summed E-state index contributed by atoms with van der Waals surface area (Å²) in [5, 5.41) is 2.36. The van der Waals surface area contributed by atoms with Crippen LogP contribution in [0.5, 0.6) is 5.75 Å². The van der Waals surface area contributed by atoms with Gasteiger partial charge in [-0.25, -0.2) is 4.98 Å². The van der Waals surface area contributed by atoms with Gasteiger partial charge in [-0.1, -0.05) is 6.07 Å². The van der Waals surface area contributed by atoms with Gasteiger partial charge < -0.3 is 4.74 Å². The topological polar surface area (TPSA) is 52.1 Å². The molecule has 0 atom stereocenters. The van der Waals surface area contributed by atoms with Crippen LogP contribution in [-0.4, -0.2) is 22.9 Å². The van der Waals surface area contributed by atoms with E-state index in [-0.39, 0.29) is 5.78 Å². The fourth-order valence-electron chi connectivity index (χ4n) is 2.54. The maximum Gasteiger partial charge on any atom is 0.221 e. The largest absolute Gasteiger partial charge is 0.496 e. The smallest absolute Gasteiger partial charge is 0.221 e. The number of ketones is 1. The molecule has 0 radical (unpaired) electrons. The van der Waals surface area contributed by atoms with Gasteiger partial charge in [0.25, 0.3) is 0 Å². The Labute approximate surface area is 138 Å². The molecule has 0 saturated heterocycles. The molecule has 5 heteroatoms. The number of aromatic nitrogens is 2. The summed E-state index contributed by atoms with van der Waals surface area (Å²) >= 11 is 1.34. The van der Waals surface area contributed by atoms with Crippen molar-refractivity contribution in [2.75, 3.05) is 7.11 Å². The molecule has 23 heavy (non-hydrogen) atoms. The monoisotopic (exact) mass is 324 g/mol. The SMILES string of the molecule is COc1cc(C)cc(C)c1-c1csc(C(=O)c2ccncc2)n1. The fraction of sp³-hybridized carbons (Fsp3) is 0.167. The Balaban J connectivity index is 2.02. The number of methoxy groups -OCH3 is 1. The van der Waals surface area contributed by atoms with E-state index in [4.69, 9.17) is 4.74 Å². The highest BCUT2D eigenvalue weighted by atomic mass is 32.1. The molecule has 3 rings (SSSR count). The van der Waals surface area contributed by atoms with Gasteiger partial charge in [0, 0.05) is 28.9 Å². The first-order chi connectivity index (χ1) is 11.1. The van der Waals surface area contributed by atoms with Crippen LogP contribution in [0.1, 0.15) is 26.5 Å². The van der Waals surface area contributed by atoms with Crippen molar-refractivity contribution in [3.05, 3.63) is 63.7 Å². The zero-order valence-corrected chi connectivity index (χ0v) is 14.0. The number of nitrogens with zero attached hydrogens (tertiary/aromatic N) is 2. The summed E-state index contributed by atoms with van der Waals surface area (Å²) in [6, 6.07) is 7.45. The average molecular weight is 324 g/mol. The number of thiazole rings is 1. The molecule has 0 amide bonds. The minimum Gasteiger partial charge on any atom is -0.496 e. The van der Waals surface area contributed by atoms with Crippen LogP contribution < -0.4 is 4.74 Å². The van der Waals surface area contributed by atoms with Crippen molar-refractivity contribution in [1.29, 1.82) is 0 Å². The van der Waals surface area contributed by atoms with Gasteiger partial charge in [-0.3, -0.25) is 9.78 Å². The molecule has 3 aromatic rings. The molecular weight excluding hydrogens is 308 g/mol. The second-order valence-corrected chi connectivity index (χ2v) is 6.12. The highest BCUT2D eigenvalue weighted by molar-refractivity contribution is 7.12. The summed E-state index contributed by atoms with van der Waals surface area (Å²) in [4.78, 5) is 20.9. The molecule has 4 nitrogen and oxygen atoms in total. The first-order valence-electron chi connectivity index (χ1n) is 7.16. The lowest BCUT2D eigenvalue weighted by Crippen LogP contribution is -2.01. The first-order valence-corrected chi connectivity index (χ1v) is 8.04. The quantitative estimate of drug-likeness (QED) is 0.679. The molecule has 0 saturated carbocycles. The summed E-state index contributed by atoms with van der Waals surface area (Å²) in [5.74, 6) is 0.683. The Kier molecular flexibility index (Phi) is 4.21. The van der Waals surface area contributed by atoms with Gasteiger partial charge in [0.2, 0.25) is 5.78 Å². The summed E-state index contributed by atoms with van der Waals surface area (Å²) < 4.78 is 5.49. The lowest BCUT2D eigenvalue weighted by Gasteiger charge is -2.11. The number of carbonyl (C=O) groups is 1. The Morgan fingerprint density at radius 2 is 1.91 bits per heavy atom. The van der Waals surface area contributed by atoms with Crippen LogP contribution in [0.3, 0.4) is 0 Å². The van der Waals surface area contributed by atoms with Crippen molar-refractivity contribution in [3.63, 3.8) is 0 Å². The number of ether oxygens (including phenoxy) is 1. The zero-order chi connectivity index (χ0) is 16.4. The number of hydrogen-bond donors (Lipinski definition) is 0. The van der Waals surface area contributed by atoms with Crippen LogP contribution in [0.25, 0.3) is 11.3 Å². The van der Waals surface area contributed by atoms with Crippen LogP contribution in [0.15, 0.2) is 42.0 Å². The number of benzene rings is 1. The predicted octanol–water partition coefficient (Wildman–Crippen LogP) is 4.06. The third-order valence-corrected chi connectivity index (χ3v) is 4.40. The Bertz CT molecular complexity index is 857.